The predicted molar refractivity (Wildman–Crippen MR) is 83.9 cm³/mol. The average molecular weight is 302 g/mol. The van der Waals surface area contributed by atoms with E-state index in [2.05, 4.69) is 16.2 Å². The third-order valence-corrected chi connectivity index (χ3v) is 3.89. The molecule has 1 saturated heterocycles. The molecule has 0 aliphatic carbocycles. The van der Waals surface area contributed by atoms with Gasteiger partial charge in [-0.25, -0.2) is 10.9 Å². The SMILES string of the molecule is O=C(Nc1ccccc1)C1CC(c2ccccc2Cl)NN1. The fraction of sp³-hybridized carbons (Fsp3) is 0.188. The summed E-state index contributed by atoms with van der Waals surface area (Å²) in [6.07, 6.45) is 0.655. The Kier molecular flexibility index (Phi) is 4.20. The van der Waals surface area contributed by atoms with E-state index in [1.165, 1.54) is 0 Å². The minimum atomic E-state index is -0.286. The fourth-order valence-electron chi connectivity index (χ4n) is 2.44. The van der Waals surface area contributed by atoms with Crippen molar-refractivity contribution in [3.63, 3.8) is 0 Å². The molecule has 2 unspecified atom stereocenters. The third-order valence-electron chi connectivity index (χ3n) is 3.54. The molecule has 21 heavy (non-hydrogen) atoms. The highest BCUT2D eigenvalue weighted by Crippen LogP contribution is 2.28. The predicted octanol–water partition coefficient (Wildman–Crippen LogP) is 2.89. The second kappa shape index (κ2) is 6.26. The molecule has 5 heteroatoms. The summed E-state index contributed by atoms with van der Waals surface area (Å²) < 4.78 is 0. The van der Waals surface area contributed by atoms with Gasteiger partial charge in [-0.05, 0) is 30.2 Å². The van der Waals surface area contributed by atoms with E-state index in [-0.39, 0.29) is 18.0 Å². The number of benzene rings is 2. The lowest BCUT2D eigenvalue weighted by atomic mass is 10.0. The van der Waals surface area contributed by atoms with Gasteiger partial charge in [-0.1, -0.05) is 48.0 Å². The topological polar surface area (TPSA) is 53.2 Å². The van der Waals surface area contributed by atoms with E-state index in [4.69, 9.17) is 11.6 Å². The molecule has 2 aromatic rings. The van der Waals surface area contributed by atoms with Crippen molar-refractivity contribution in [2.24, 2.45) is 0 Å². The molecule has 1 aliphatic heterocycles. The summed E-state index contributed by atoms with van der Waals surface area (Å²) in [6.45, 7) is 0. The van der Waals surface area contributed by atoms with Crippen molar-refractivity contribution in [1.82, 2.24) is 10.9 Å². The average Bonchev–Trinajstić information content (AvgIpc) is 2.98. The molecular formula is C16H16ClN3O. The first-order chi connectivity index (χ1) is 10.2. The molecule has 0 aromatic heterocycles. The lowest BCUT2D eigenvalue weighted by Gasteiger charge is -2.11. The molecule has 0 bridgehead atoms. The molecule has 108 valence electrons. The Hall–Kier alpha value is -1.88. The molecule has 2 atom stereocenters. The lowest BCUT2D eigenvalue weighted by molar-refractivity contribution is -0.117. The van der Waals surface area contributed by atoms with E-state index in [1.54, 1.807) is 0 Å². The van der Waals surface area contributed by atoms with Crippen molar-refractivity contribution in [3.8, 4) is 0 Å². The second-order valence-electron chi connectivity index (χ2n) is 5.01. The van der Waals surface area contributed by atoms with Gasteiger partial charge in [-0.2, -0.15) is 0 Å². The van der Waals surface area contributed by atoms with Crippen LogP contribution in [0.3, 0.4) is 0 Å². The Labute approximate surface area is 128 Å². The molecule has 2 aromatic carbocycles. The van der Waals surface area contributed by atoms with Crippen LogP contribution in [-0.4, -0.2) is 11.9 Å². The first-order valence-electron chi connectivity index (χ1n) is 6.85. The maximum Gasteiger partial charge on any atom is 0.242 e. The van der Waals surface area contributed by atoms with E-state index in [1.807, 2.05) is 54.6 Å². The zero-order chi connectivity index (χ0) is 14.7. The van der Waals surface area contributed by atoms with Crippen LogP contribution in [0.25, 0.3) is 0 Å². The Balaban J connectivity index is 1.64. The molecular weight excluding hydrogens is 286 g/mol. The van der Waals surface area contributed by atoms with Crippen molar-refractivity contribution < 1.29 is 4.79 Å². The van der Waals surface area contributed by atoms with Gasteiger partial charge in [-0.15, -0.1) is 0 Å². The Morgan fingerprint density at radius 2 is 1.76 bits per heavy atom. The fourth-order valence-corrected chi connectivity index (χ4v) is 2.71. The van der Waals surface area contributed by atoms with Crippen LogP contribution in [0.15, 0.2) is 54.6 Å². The lowest BCUT2D eigenvalue weighted by Crippen LogP contribution is -2.39. The summed E-state index contributed by atoms with van der Waals surface area (Å²) in [4.78, 5) is 12.2. The van der Waals surface area contributed by atoms with Crippen LogP contribution in [0, 0.1) is 0 Å². The smallest absolute Gasteiger partial charge is 0.242 e. The van der Waals surface area contributed by atoms with Gasteiger partial charge in [0.2, 0.25) is 5.91 Å². The maximum atomic E-state index is 12.2. The normalized spacial score (nSPS) is 21.2. The summed E-state index contributed by atoms with van der Waals surface area (Å²) in [5, 5.41) is 3.61. The molecule has 0 spiro atoms. The number of anilines is 1. The quantitative estimate of drug-likeness (QED) is 0.817. The van der Waals surface area contributed by atoms with Crippen LogP contribution in [-0.2, 0) is 4.79 Å². The minimum absolute atomic E-state index is 0.0326. The number of nitrogens with one attached hydrogen (secondary N) is 3. The van der Waals surface area contributed by atoms with E-state index >= 15 is 0 Å². The van der Waals surface area contributed by atoms with Gasteiger partial charge in [0.15, 0.2) is 0 Å². The van der Waals surface area contributed by atoms with Crippen molar-refractivity contribution in [2.75, 3.05) is 5.32 Å². The first kappa shape index (κ1) is 14.1. The van der Waals surface area contributed by atoms with E-state index in [0.29, 0.717) is 11.4 Å². The van der Waals surface area contributed by atoms with Crippen molar-refractivity contribution in [3.05, 3.63) is 65.2 Å². The number of rotatable bonds is 3. The summed E-state index contributed by atoms with van der Waals surface area (Å²) in [7, 11) is 0. The number of para-hydroxylation sites is 1. The molecule has 3 N–H and O–H groups in total. The first-order valence-corrected chi connectivity index (χ1v) is 7.23. The van der Waals surface area contributed by atoms with Crippen molar-refractivity contribution >= 4 is 23.2 Å². The highest BCUT2D eigenvalue weighted by molar-refractivity contribution is 6.31. The number of hydrazine groups is 1. The maximum absolute atomic E-state index is 12.2. The van der Waals surface area contributed by atoms with Crippen LogP contribution < -0.4 is 16.2 Å². The molecule has 1 fully saturated rings. The zero-order valence-corrected chi connectivity index (χ0v) is 12.1. The number of carbonyl (C=O) groups excluding carboxylic acids is 1. The Bertz CT molecular complexity index is 632. The Morgan fingerprint density at radius 3 is 2.52 bits per heavy atom. The minimum Gasteiger partial charge on any atom is -0.325 e. The van der Waals surface area contributed by atoms with Crippen LogP contribution in [0.4, 0.5) is 5.69 Å². The van der Waals surface area contributed by atoms with Gasteiger partial charge in [0.1, 0.15) is 6.04 Å². The molecule has 4 nitrogen and oxygen atoms in total. The van der Waals surface area contributed by atoms with Crippen molar-refractivity contribution in [1.29, 1.82) is 0 Å². The standard InChI is InChI=1S/C16H16ClN3O/c17-13-9-5-4-8-12(13)14-10-15(20-19-14)16(21)18-11-6-2-1-3-7-11/h1-9,14-15,19-20H,10H2,(H,18,21). The van der Waals surface area contributed by atoms with Gasteiger partial charge >= 0.3 is 0 Å². The number of hydrogen-bond acceptors (Lipinski definition) is 3. The van der Waals surface area contributed by atoms with Gasteiger partial charge in [0.25, 0.3) is 0 Å². The van der Waals surface area contributed by atoms with Gasteiger partial charge in [-0.3, -0.25) is 4.79 Å². The highest BCUT2D eigenvalue weighted by Gasteiger charge is 2.30. The summed E-state index contributed by atoms with van der Waals surface area (Å²) >= 11 is 6.19. The summed E-state index contributed by atoms with van der Waals surface area (Å²) in [5.74, 6) is -0.0525. The Morgan fingerprint density at radius 1 is 1.05 bits per heavy atom. The van der Waals surface area contributed by atoms with Gasteiger partial charge < -0.3 is 5.32 Å². The number of carbonyl (C=O) groups is 1. The summed E-state index contributed by atoms with van der Waals surface area (Å²) in [6, 6.07) is 16.8. The van der Waals surface area contributed by atoms with Gasteiger partial charge in [0.05, 0.1) is 0 Å². The van der Waals surface area contributed by atoms with Crippen LogP contribution >= 0.6 is 11.6 Å². The molecule has 0 radical (unpaired) electrons. The summed E-state index contributed by atoms with van der Waals surface area (Å²) in [5.41, 5.74) is 7.97. The zero-order valence-electron chi connectivity index (χ0n) is 11.3. The monoisotopic (exact) mass is 301 g/mol. The van der Waals surface area contributed by atoms with E-state index in [0.717, 1.165) is 11.3 Å². The number of amides is 1. The molecule has 1 amide bonds. The second-order valence-corrected chi connectivity index (χ2v) is 5.41. The largest absolute Gasteiger partial charge is 0.325 e. The van der Waals surface area contributed by atoms with Crippen molar-refractivity contribution in [2.45, 2.75) is 18.5 Å². The number of hydrogen-bond donors (Lipinski definition) is 3. The van der Waals surface area contributed by atoms with E-state index in [9.17, 15) is 4.79 Å². The molecule has 0 saturated carbocycles. The highest BCUT2D eigenvalue weighted by atomic mass is 35.5. The van der Waals surface area contributed by atoms with E-state index < -0.39 is 0 Å². The molecule has 3 rings (SSSR count). The van der Waals surface area contributed by atoms with Crippen LogP contribution in [0.5, 0.6) is 0 Å². The molecule has 1 aliphatic rings. The van der Waals surface area contributed by atoms with Crippen LogP contribution in [0.1, 0.15) is 18.0 Å². The third kappa shape index (κ3) is 3.24. The number of halogens is 1. The van der Waals surface area contributed by atoms with Crippen LogP contribution in [0.2, 0.25) is 5.02 Å². The molecule has 1 heterocycles. The van der Waals surface area contributed by atoms with Gasteiger partial charge in [0, 0.05) is 16.8 Å².